The molecule has 0 saturated carbocycles. The SMILES string of the molecule is CC1=C=C(c2nc(-c3ccc4ccc5ccccc5c4c3)nc(-c3ccc4ccc5ccccc5c4n3)n2)C=Cc2ccc3ccccc3c21. The minimum Gasteiger partial charge on any atom is -0.244 e. The largest absolute Gasteiger partial charge is 0.244 e. The summed E-state index contributed by atoms with van der Waals surface area (Å²) in [5.41, 5.74) is 10.4. The van der Waals surface area contributed by atoms with Crippen LogP contribution in [-0.4, -0.2) is 19.9 Å². The van der Waals surface area contributed by atoms with Gasteiger partial charge in [0.05, 0.1) is 11.1 Å². The third-order valence-corrected chi connectivity index (χ3v) is 9.78. The molecule has 0 fully saturated rings. The van der Waals surface area contributed by atoms with E-state index in [0.29, 0.717) is 23.2 Å². The van der Waals surface area contributed by atoms with Crippen molar-refractivity contribution >= 4 is 71.2 Å². The van der Waals surface area contributed by atoms with Crippen molar-refractivity contribution in [1.82, 2.24) is 19.9 Å². The van der Waals surface area contributed by atoms with Crippen molar-refractivity contribution in [1.29, 1.82) is 0 Å². The summed E-state index contributed by atoms with van der Waals surface area (Å²) in [7, 11) is 0. The number of nitrogens with zero attached hydrogens (tertiary/aromatic N) is 4. The van der Waals surface area contributed by atoms with Crippen LogP contribution < -0.4 is 0 Å². The van der Waals surface area contributed by atoms with Crippen molar-refractivity contribution in [3.8, 4) is 22.9 Å². The molecule has 0 aliphatic heterocycles. The third kappa shape index (κ3) is 4.62. The van der Waals surface area contributed by atoms with Gasteiger partial charge in [-0.2, -0.15) is 0 Å². The van der Waals surface area contributed by atoms with Gasteiger partial charge in [-0.15, -0.1) is 5.73 Å². The lowest BCUT2D eigenvalue weighted by molar-refractivity contribution is 1.03. The van der Waals surface area contributed by atoms with Crippen LogP contribution in [0.3, 0.4) is 0 Å². The minimum atomic E-state index is 0.519. The fourth-order valence-corrected chi connectivity index (χ4v) is 7.32. The van der Waals surface area contributed by atoms with Crippen molar-refractivity contribution in [3.05, 3.63) is 168 Å². The number of benzene rings is 7. The molecule has 4 heteroatoms. The first-order valence-corrected chi connectivity index (χ1v) is 16.8. The lowest BCUT2D eigenvalue weighted by Crippen LogP contribution is -2.03. The van der Waals surface area contributed by atoms with Crippen LogP contribution in [0.25, 0.3) is 94.1 Å². The smallest absolute Gasteiger partial charge is 0.182 e. The van der Waals surface area contributed by atoms with Crippen molar-refractivity contribution in [2.75, 3.05) is 0 Å². The van der Waals surface area contributed by atoms with Crippen LogP contribution in [0.5, 0.6) is 0 Å². The van der Waals surface area contributed by atoms with Gasteiger partial charge in [-0.05, 0) is 68.4 Å². The Kier molecular flexibility index (Phi) is 6.32. The number of hydrogen-bond acceptors (Lipinski definition) is 4. The van der Waals surface area contributed by atoms with Crippen LogP contribution in [0.4, 0.5) is 0 Å². The van der Waals surface area contributed by atoms with Crippen LogP contribution in [0.1, 0.15) is 23.9 Å². The maximum atomic E-state index is 5.18. The maximum Gasteiger partial charge on any atom is 0.182 e. The molecule has 0 bridgehead atoms. The lowest BCUT2D eigenvalue weighted by Gasteiger charge is -2.10. The first kappa shape index (κ1) is 28.3. The second-order valence-corrected chi connectivity index (χ2v) is 12.8. The Bertz CT molecular complexity index is 2850. The molecule has 9 aromatic rings. The van der Waals surface area contributed by atoms with Crippen molar-refractivity contribution < 1.29 is 0 Å². The highest BCUT2D eigenvalue weighted by Gasteiger charge is 2.18. The molecule has 0 N–H and O–H groups in total. The molecular formula is C46H28N4. The van der Waals surface area contributed by atoms with Gasteiger partial charge in [0, 0.05) is 27.5 Å². The van der Waals surface area contributed by atoms with Gasteiger partial charge in [-0.3, -0.25) is 0 Å². The molecule has 2 heterocycles. The fraction of sp³-hybridized carbons (Fsp3) is 0.0217. The summed E-state index contributed by atoms with van der Waals surface area (Å²) >= 11 is 0. The van der Waals surface area contributed by atoms with Gasteiger partial charge in [0.25, 0.3) is 0 Å². The molecule has 232 valence electrons. The predicted molar refractivity (Wildman–Crippen MR) is 208 cm³/mol. The Morgan fingerprint density at radius 1 is 0.440 bits per heavy atom. The summed E-state index contributed by atoms with van der Waals surface area (Å²) in [6.45, 7) is 2.12. The van der Waals surface area contributed by atoms with Crippen molar-refractivity contribution in [2.24, 2.45) is 0 Å². The zero-order valence-corrected chi connectivity index (χ0v) is 27.2. The number of fused-ring (bicyclic) bond motifs is 9. The highest BCUT2D eigenvalue weighted by atomic mass is 15.0. The molecule has 2 aromatic heterocycles. The average molecular weight is 637 g/mol. The zero-order valence-electron chi connectivity index (χ0n) is 27.2. The van der Waals surface area contributed by atoms with E-state index in [4.69, 9.17) is 19.9 Å². The third-order valence-electron chi connectivity index (χ3n) is 9.78. The van der Waals surface area contributed by atoms with E-state index in [1.54, 1.807) is 0 Å². The fourth-order valence-electron chi connectivity index (χ4n) is 7.32. The topological polar surface area (TPSA) is 51.6 Å². The van der Waals surface area contributed by atoms with E-state index in [0.717, 1.165) is 49.3 Å². The van der Waals surface area contributed by atoms with Gasteiger partial charge in [-0.1, -0.05) is 133 Å². The van der Waals surface area contributed by atoms with Crippen LogP contribution in [0.2, 0.25) is 0 Å². The van der Waals surface area contributed by atoms with E-state index >= 15 is 0 Å². The standard InChI is InChI=1S/C46H28N4/c1-28-26-35(23-20-33-19-16-30-9-3-6-12-38(30)42(28)33)44-48-45(36-22-18-32-15-14-29-8-2-5-11-37(29)40(32)27-36)50-46(49-44)41-25-24-34-21-17-31-10-4-7-13-39(31)43(34)47-41/h2-25,27H,1H3. The van der Waals surface area contributed by atoms with E-state index in [-0.39, 0.29) is 0 Å². The molecule has 0 radical (unpaired) electrons. The molecule has 4 nitrogen and oxygen atoms in total. The van der Waals surface area contributed by atoms with E-state index in [9.17, 15) is 0 Å². The second kappa shape index (κ2) is 11.2. The normalized spacial score (nSPS) is 12.7. The van der Waals surface area contributed by atoms with Gasteiger partial charge in [0.15, 0.2) is 17.5 Å². The Morgan fingerprint density at radius 2 is 1.02 bits per heavy atom. The monoisotopic (exact) mass is 636 g/mol. The summed E-state index contributed by atoms with van der Waals surface area (Å²) in [4.78, 5) is 20.5. The first-order valence-electron chi connectivity index (χ1n) is 16.8. The summed E-state index contributed by atoms with van der Waals surface area (Å²) in [6.07, 6.45) is 4.22. The van der Waals surface area contributed by atoms with Crippen LogP contribution >= 0.6 is 0 Å². The minimum absolute atomic E-state index is 0.519. The van der Waals surface area contributed by atoms with Gasteiger partial charge in [0.2, 0.25) is 0 Å². The molecular weight excluding hydrogens is 609 g/mol. The highest BCUT2D eigenvalue weighted by molar-refractivity contribution is 6.09. The van der Waals surface area contributed by atoms with E-state index < -0.39 is 0 Å². The predicted octanol–water partition coefficient (Wildman–Crippen LogP) is 11.5. The summed E-state index contributed by atoms with van der Waals surface area (Å²) in [5.74, 6) is 1.66. The lowest BCUT2D eigenvalue weighted by atomic mass is 9.95. The highest BCUT2D eigenvalue weighted by Crippen LogP contribution is 2.35. The Labute approximate surface area is 288 Å². The first-order chi connectivity index (χ1) is 24.7. The molecule has 0 unspecified atom stereocenters. The van der Waals surface area contributed by atoms with Gasteiger partial charge in [0.1, 0.15) is 5.69 Å². The average Bonchev–Trinajstić information content (AvgIpc) is 3.36. The summed E-state index contributed by atoms with van der Waals surface area (Å²) < 4.78 is 0. The summed E-state index contributed by atoms with van der Waals surface area (Å²) in [5, 5.41) is 10.4. The number of pyridine rings is 1. The number of rotatable bonds is 3. The summed E-state index contributed by atoms with van der Waals surface area (Å²) in [6, 6.07) is 48.8. The van der Waals surface area contributed by atoms with Crippen molar-refractivity contribution in [3.63, 3.8) is 0 Å². The van der Waals surface area contributed by atoms with Crippen LogP contribution in [-0.2, 0) is 0 Å². The number of allylic oxidation sites excluding steroid dienone is 2. The zero-order chi connectivity index (χ0) is 33.2. The van der Waals surface area contributed by atoms with Crippen LogP contribution in [0, 0.1) is 0 Å². The molecule has 0 atom stereocenters. The molecule has 1 aliphatic rings. The molecule has 0 spiro atoms. The van der Waals surface area contributed by atoms with Gasteiger partial charge in [-0.25, -0.2) is 19.9 Å². The number of aromatic nitrogens is 4. The van der Waals surface area contributed by atoms with Gasteiger partial charge < -0.3 is 0 Å². The van der Waals surface area contributed by atoms with E-state index in [1.165, 1.54) is 32.5 Å². The molecule has 1 aliphatic carbocycles. The van der Waals surface area contributed by atoms with Crippen molar-refractivity contribution in [2.45, 2.75) is 6.92 Å². The van der Waals surface area contributed by atoms with E-state index in [1.807, 2.05) is 6.07 Å². The molecule has 7 aromatic carbocycles. The van der Waals surface area contributed by atoms with E-state index in [2.05, 4.69) is 158 Å². The number of hydrogen-bond donors (Lipinski definition) is 0. The molecule has 0 saturated heterocycles. The molecule has 0 amide bonds. The van der Waals surface area contributed by atoms with Gasteiger partial charge >= 0.3 is 0 Å². The second-order valence-electron chi connectivity index (χ2n) is 12.8. The Morgan fingerprint density at radius 3 is 1.84 bits per heavy atom. The molecule has 50 heavy (non-hydrogen) atoms. The Balaban J connectivity index is 1.22. The quantitative estimate of drug-likeness (QED) is 0.143. The Hall–Kier alpha value is -6.74. The molecule has 10 rings (SSSR count). The maximum absolute atomic E-state index is 5.18. The van der Waals surface area contributed by atoms with Crippen LogP contribution in [0.15, 0.2) is 151 Å².